The molecule has 0 aliphatic carbocycles. The van der Waals surface area contributed by atoms with Crippen LogP contribution in [0.4, 0.5) is 0 Å². The molecule has 1 N–H and O–H groups in total. The Morgan fingerprint density at radius 1 is 1.24 bits per heavy atom. The second kappa shape index (κ2) is 6.12. The van der Waals surface area contributed by atoms with E-state index >= 15 is 0 Å². The van der Waals surface area contributed by atoms with Crippen LogP contribution in [0.5, 0.6) is 0 Å². The molecule has 2 nitrogen and oxygen atoms in total. The third-order valence-corrected chi connectivity index (χ3v) is 2.98. The van der Waals surface area contributed by atoms with Gasteiger partial charge >= 0.3 is 0 Å². The van der Waals surface area contributed by atoms with Gasteiger partial charge < -0.3 is 10.1 Å². The minimum absolute atomic E-state index is 0.184. The highest BCUT2D eigenvalue weighted by Crippen LogP contribution is 2.22. The standard InChI is InChI=1S/C14H21NOS/c1-14(2,3)12-7-5-11(6-8-12)13(17)15-9-10-16-4/h5-8H,9-10H2,1-4H3,(H,15,17). The highest BCUT2D eigenvalue weighted by Gasteiger charge is 2.13. The second-order valence-electron chi connectivity index (χ2n) is 5.08. The van der Waals surface area contributed by atoms with E-state index in [0.717, 1.165) is 17.1 Å². The van der Waals surface area contributed by atoms with Crippen molar-refractivity contribution in [1.82, 2.24) is 5.32 Å². The molecule has 0 fully saturated rings. The predicted octanol–water partition coefficient (Wildman–Crippen LogP) is 2.90. The summed E-state index contributed by atoms with van der Waals surface area (Å²) in [6, 6.07) is 8.42. The van der Waals surface area contributed by atoms with Gasteiger partial charge in [-0.3, -0.25) is 0 Å². The van der Waals surface area contributed by atoms with Gasteiger partial charge in [0.15, 0.2) is 0 Å². The SMILES string of the molecule is COCCNC(=S)c1ccc(C(C)(C)C)cc1. The lowest BCUT2D eigenvalue weighted by atomic mass is 9.87. The van der Waals surface area contributed by atoms with Crippen LogP contribution in [-0.2, 0) is 10.2 Å². The van der Waals surface area contributed by atoms with Gasteiger partial charge in [-0.25, -0.2) is 0 Å². The smallest absolute Gasteiger partial charge is 0.106 e. The summed E-state index contributed by atoms with van der Waals surface area (Å²) in [5.74, 6) is 0. The third kappa shape index (κ3) is 4.44. The number of hydrogen-bond donors (Lipinski definition) is 1. The number of ether oxygens (including phenoxy) is 1. The lowest BCUT2D eigenvalue weighted by Gasteiger charge is -2.19. The Balaban J connectivity index is 2.64. The first-order valence-corrected chi connectivity index (χ1v) is 6.23. The zero-order valence-corrected chi connectivity index (χ0v) is 11.9. The highest BCUT2D eigenvalue weighted by atomic mass is 32.1. The van der Waals surface area contributed by atoms with Crippen molar-refractivity contribution in [2.75, 3.05) is 20.3 Å². The van der Waals surface area contributed by atoms with Gasteiger partial charge in [0.1, 0.15) is 4.99 Å². The Kier molecular flexibility index (Phi) is 5.09. The Morgan fingerprint density at radius 3 is 2.29 bits per heavy atom. The normalized spacial score (nSPS) is 11.3. The maximum Gasteiger partial charge on any atom is 0.106 e. The van der Waals surface area contributed by atoms with Crippen LogP contribution in [0.25, 0.3) is 0 Å². The van der Waals surface area contributed by atoms with E-state index in [1.54, 1.807) is 7.11 Å². The fourth-order valence-electron chi connectivity index (χ4n) is 1.49. The third-order valence-electron chi connectivity index (χ3n) is 2.60. The van der Waals surface area contributed by atoms with E-state index in [1.165, 1.54) is 5.56 Å². The molecule has 0 atom stereocenters. The molecular formula is C14H21NOS. The van der Waals surface area contributed by atoms with E-state index in [-0.39, 0.29) is 5.41 Å². The van der Waals surface area contributed by atoms with Gasteiger partial charge in [-0.15, -0.1) is 0 Å². The van der Waals surface area contributed by atoms with Crippen molar-refractivity contribution in [3.8, 4) is 0 Å². The molecule has 0 bridgehead atoms. The van der Waals surface area contributed by atoms with Gasteiger partial charge in [0, 0.05) is 19.2 Å². The number of nitrogens with one attached hydrogen (secondary N) is 1. The maximum atomic E-state index is 5.30. The first kappa shape index (κ1) is 14.1. The minimum Gasteiger partial charge on any atom is -0.383 e. The van der Waals surface area contributed by atoms with Crippen molar-refractivity contribution in [2.45, 2.75) is 26.2 Å². The molecule has 3 heteroatoms. The van der Waals surface area contributed by atoms with E-state index in [0.29, 0.717) is 6.61 Å². The average Bonchev–Trinajstić information content (AvgIpc) is 2.28. The van der Waals surface area contributed by atoms with E-state index in [2.05, 4.69) is 50.4 Å². The number of benzene rings is 1. The summed E-state index contributed by atoms with van der Waals surface area (Å²) in [5.41, 5.74) is 2.56. The zero-order valence-electron chi connectivity index (χ0n) is 11.0. The van der Waals surface area contributed by atoms with Crippen LogP contribution in [0.3, 0.4) is 0 Å². The van der Waals surface area contributed by atoms with E-state index < -0.39 is 0 Å². The van der Waals surface area contributed by atoms with Crippen LogP contribution in [0.2, 0.25) is 0 Å². The van der Waals surface area contributed by atoms with Crippen molar-refractivity contribution in [3.63, 3.8) is 0 Å². The average molecular weight is 251 g/mol. The van der Waals surface area contributed by atoms with Crippen LogP contribution in [0.1, 0.15) is 31.9 Å². The fraction of sp³-hybridized carbons (Fsp3) is 0.500. The molecule has 0 aliphatic heterocycles. The quantitative estimate of drug-likeness (QED) is 0.657. The topological polar surface area (TPSA) is 21.3 Å². The Morgan fingerprint density at radius 2 is 1.82 bits per heavy atom. The summed E-state index contributed by atoms with van der Waals surface area (Å²) in [6.07, 6.45) is 0. The zero-order chi connectivity index (χ0) is 12.9. The number of methoxy groups -OCH3 is 1. The Bertz CT molecular complexity index is 365. The summed E-state index contributed by atoms with van der Waals surface area (Å²) in [7, 11) is 1.68. The van der Waals surface area contributed by atoms with Crippen LogP contribution in [-0.4, -0.2) is 25.2 Å². The molecule has 17 heavy (non-hydrogen) atoms. The molecule has 94 valence electrons. The molecule has 0 unspecified atom stereocenters. The Labute approximate surface area is 109 Å². The summed E-state index contributed by atoms with van der Waals surface area (Å²) >= 11 is 5.30. The predicted molar refractivity (Wildman–Crippen MR) is 76.7 cm³/mol. The van der Waals surface area contributed by atoms with Crippen LogP contribution in [0, 0.1) is 0 Å². The molecule has 0 saturated heterocycles. The molecule has 1 rings (SSSR count). The first-order chi connectivity index (χ1) is 7.95. The fourth-order valence-corrected chi connectivity index (χ4v) is 1.73. The summed E-state index contributed by atoms with van der Waals surface area (Å²) in [4.78, 5) is 0.780. The van der Waals surface area contributed by atoms with Crippen molar-refractivity contribution in [3.05, 3.63) is 35.4 Å². The van der Waals surface area contributed by atoms with Gasteiger partial charge in [-0.2, -0.15) is 0 Å². The summed E-state index contributed by atoms with van der Waals surface area (Å²) in [6.45, 7) is 8.03. The number of rotatable bonds is 4. The van der Waals surface area contributed by atoms with Crippen molar-refractivity contribution >= 4 is 17.2 Å². The molecule has 1 aromatic carbocycles. The molecule has 0 heterocycles. The molecule has 0 radical (unpaired) electrons. The molecule has 0 saturated carbocycles. The van der Waals surface area contributed by atoms with Crippen LogP contribution >= 0.6 is 12.2 Å². The number of hydrogen-bond acceptors (Lipinski definition) is 2. The molecule has 0 aromatic heterocycles. The lowest BCUT2D eigenvalue weighted by Crippen LogP contribution is -2.26. The molecule has 0 amide bonds. The molecule has 0 spiro atoms. The van der Waals surface area contributed by atoms with Gasteiger partial charge in [0.05, 0.1) is 6.61 Å². The highest BCUT2D eigenvalue weighted by molar-refractivity contribution is 7.80. The largest absolute Gasteiger partial charge is 0.383 e. The molecule has 0 aliphatic rings. The number of thiocarbonyl (C=S) groups is 1. The van der Waals surface area contributed by atoms with E-state index in [9.17, 15) is 0 Å². The summed E-state index contributed by atoms with van der Waals surface area (Å²) < 4.78 is 4.97. The summed E-state index contributed by atoms with van der Waals surface area (Å²) in [5, 5.41) is 3.16. The van der Waals surface area contributed by atoms with Crippen LogP contribution in [0.15, 0.2) is 24.3 Å². The van der Waals surface area contributed by atoms with Crippen molar-refractivity contribution in [2.24, 2.45) is 0 Å². The monoisotopic (exact) mass is 251 g/mol. The van der Waals surface area contributed by atoms with Crippen molar-refractivity contribution in [1.29, 1.82) is 0 Å². The second-order valence-corrected chi connectivity index (χ2v) is 5.48. The van der Waals surface area contributed by atoms with Gasteiger partial charge in [-0.05, 0) is 11.0 Å². The molecular weight excluding hydrogens is 230 g/mol. The van der Waals surface area contributed by atoms with Gasteiger partial charge in [-0.1, -0.05) is 57.3 Å². The Hall–Kier alpha value is -0.930. The molecule has 1 aromatic rings. The first-order valence-electron chi connectivity index (χ1n) is 5.83. The maximum absolute atomic E-state index is 5.30. The van der Waals surface area contributed by atoms with Crippen molar-refractivity contribution < 1.29 is 4.74 Å². The van der Waals surface area contributed by atoms with Crippen LogP contribution < -0.4 is 5.32 Å². The van der Waals surface area contributed by atoms with Gasteiger partial charge in [0.25, 0.3) is 0 Å². The van der Waals surface area contributed by atoms with E-state index in [4.69, 9.17) is 17.0 Å². The lowest BCUT2D eigenvalue weighted by molar-refractivity contribution is 0.204. The minimum atomic E-state index is 0.184. The van der Waals surface area contributed by atoms with Gasteiger partial charge in [0.2, 0.25) is 0 Å². The van der Waals surface area contributed by atoms with E-state index in [1.807, 2.05) is 0 Å².